The second-order valence-corrected chi connectivity index (χ2v) is 3.45. The van der Waals surface area contributed by atoms with Gasteiger partial charge in [-0.3, -0.25) is 0 Å². The van der Waals surface area contributed by atoms with Gasteiger partial charge in [0.15, 0.2) is 0 Å². The first-order valence-electron chi connectivity index (χ1n) is 4.64. The topological polar surface area (TPSA) is 12.0 Å². The van der Waals surface area contributed by atoms with Crippen LogP contribution in [0.2, 0.25) is 0 Å². The molecule has 11 heavy (non-hydrogen) atoms. The monoisotopic (exact) mass is 153 g/mol. The van der Waals surface area contributed by atoms with E-state index in [-0.39, 0.29) is 0 Å². The third-order valence-electron chi connectivity index (χ3n) is 2.89. The fourth-order valence-corrected chi connectivity index (χ4v) is 1.89. The molecule has 0 saturated carbocycles. The Balaban J connectivity index is 2.71. The highest BCUT2D eigenvalue weighted by Crippen LogP contribution is 2.23. The zero-order valence-corrected chi connectivity index (χ0v) is 8.07. The molecule has 1 nitrogen and oxygen atoms in total. The fraction of sp³-hybridized carbons (Fsp3) is 0.800. The van der Waals surface area contributed by atoms with Crippen molar-refractivity contribution in [1.29, 1.82) is 0 Å². The molecule has 2 atom stereocenters. The van der Waals surface area contributed by atoms with Gasteiger partial charge in [0, 0.05) is 12.1 Å². The molecule has 0 bridgehead atoms. The molecule has 0 unspecified atom stereocenters. The zero-order valence-electron chi connectivity index (χ0n) is 8.07. The predicted molar refractivity (Wildman–Crippen MR) is 49.7 cm³/mol. The normalized spacial score (nSPS) is 31.6. The molecule has 1 heterocycles. The minimum atomic E-state index is 0.653. The third-order valence-corrected chi connectivity index (χ3v) is 2.89. The molecule has 0 aromatic rings. The van der Waals surface area contributed by atoms with Gasteiger partial charge in [-0.25, -0.2) is 0 Å². The van der Waals surface area contributed by atoms with Crippen molar-refractivity contribution in [2.75, 3.05) is 0 Å². The molecule has 1 rings (SSSR count). The van der Waals surface area contributed by atoms with Crippen molar-refractivity contribution in [3.63, 3.8) is 0 Å². The Hall–Kier alpha value is -0.300. The second kappa shape index (κ2) is 3.40. The van der Waals surface area contributed by atoms with E-state index < -0.39 is 0 Å². The summed E-state index contributed by atoms with van der Waals surface area (Å²) >= 11 is 0. The van der Waals surface area contributed by atoms with Gasteiger partial charge in [0.25, 0.3) is 0 Å². The molecular weight excluding hydrogens is 134 g/mol. The third kappa shape index (κ3) is 1.48. The molecule has 0 saturated heterocycles. The highest BCUT2D eigenvalue weighted by Gasteiger charge is 2.24. The van der Waals surface area contributed by atoms with Crippen molar-refractivity contribution in [2.45, 2.75) is 52.6 Å². The predicted octanol–water partition coefficient (Wildman–Crippen LogP) is 2.48. The molecule has 1 heteroatoms. The van der Waals surface area contributed by atoms with Crippen LogP contribution in [0.4, 0.5) is 0 Å². The summed E-state index contributed by atoms with van der Waals surface area (Å²) in [4.78, 5) is 0. The molecule has 0 aliphatic carbocycles. The minimum Gasteiger partial charge on any atom is -0.304 e. The van der Waals surface area contributed by atoms with Gasteiger partial charge in [0.2, 0.25) is 0 Å². The van der Waals surface area contributed by atoms with Crippen molar-refractivity contribution < 1.29 is 0 Å². The first kappa shape index (κ1) is 8.79. The van der Waals surface area contributed by atoms with E-state index in [1.807, 2.05) is 0 Å². The van der Waals surface area contributed by atoms with Gasteiger partial charge in [-0.05, 0) is 26.7 Å². The summed E-state index contributed by atoms with van der Waals surface area (Å²) in [6.45, 7) is 9.00. The van der Waals surface area contributed by atoms with Crippen LogP contribution < -0.4 is 5.32 Å². The van der Waals surface area contributed by atoms with Gasteiger partial charge in [-0.1, -0.05) is 25.0 Å². The number of nitrogens with one attached hydrogen (secondary N) is 1. The number of hydrogen-bond acceptors (Lipinski definition) is 1. The maximum Gasteiger partial charge on any atom is 0.0282 e. The Labute approximate surface area is 69.9 Å². The summed E-state index contributed by atoms with van der Waals surface area (Å²) in [6.07, 6.45) is 2.44. The maximum atomic E-state index is 3.62. The van der Waals surface area contributed by atoms with E-state index in [9.17, 15) is 0 Å². The van der Waals surface area contributed by atoms with Crippen LogP contribution in [0.5, 0.6) is 0 Å². The van der Waals surface area contributed by atoms with Crippen LogP contribution >= 0.6 is 0 Å². The molecule has 1 N–H and O–H groups in total. The van der Waals surface area contributed by atoms with Gasteiger partial charge in [0.05, 0.1) is 0 Å². The highest BCUT2D eigenvalue weighted by molar-refractivity contribution is 5.27. The Bertz CT molecular complexity index is 152. The summed E-state index contributed by atoms with van der Waals surface area (Å²) in [5.74, 6) is 0. The number of rotatable bonds is 2. The van der Waals surface area contributed by atoms with E-state index in [0.29, 0.717) is 12.1 Å². The average Bonchev–Trinajstić information content (AvgIpc) is 2.30. The molecule has 0 radical (unpaired) electrons. The lowest BCUT2D eigenvalue weighted by Crippen LogP contribution is -2.31. The van der Waals surface area contributed by atoms with Crippen LogP contribution in [-0.2, 0) is 0 Å². The van der Waals surface area contributed by atoms with Crippen molar-refractivity contribution in [2.24, 2.45) is 0 Å². The van der Waals surface area contributed by atoms with E-state index in [1.165, 1.54) is 12.8 Å². The number of hydrogen-bond donors (Lipinski definition) is 1. The van der Waals surface area contributed by atoms with Crippen LogP contribution in [0.3, 0.4) is 0 Å². The lowest BCUT2D eigenvalue weighted by atomic mass is 10.0. The van der Waals surface area contributed by atoms with Crippen LogP contribution in [0.25, 0.3) is 0 Å². The first-order chi connectivity index (χ1) is 5.20. The van der Waals surface area contributed by atoms with E-state index in [1.54, 1.807) is 11.1 Å². The van der Waals surface area contributed by atoms with E-state index >= 15 is 0 Å². The van der Waals surface area contributed by atoms with Crippen LogP contribution in [0.15, 0.2) is 11.1 Å². The SMILES string of the molecule is CC[C@@H]1N[C@H](CC)C(C)=C1C. The molecule has 0 aromatic heterocycles. The van der Waals surface area contributed by atoms with Gasteiger partial charge in [-0.15, -0.1) is 0 Å². The summed E-state index contributed by atoms with van der Waals surface area (Å²) in [5.41, 5.74) is 3.14. The van der Waals surface area contributed by atoms with Crippen molar-refractivity contribution in [1.82, 2.24) is 5.32 Å². The molecule has 64 valence electrons. The van der Waals surface area contributed by atoms with Crippen LogP contribution in [-0.4, -0.2) is 12.1 Å². The molecule has 0 aromatic carbocycles. The standard InChI is InChI=1S/C10H19N/c1-5-9-7(3)8(4)10(6-2)11-9/h9-11H,5-6H2,1-4H3/t9-,10+. The first-order valence-corrected chi connectivity index (χ1v) is 4.64. The smallest absolute Gasteiger partial charge is 0.0282 e. The Morgan fingerprint density at radius 2 is 1.36 bits per heavy atom. The lowest BCUT2D eigenvalue weighted by Gasteiger charge is -2.13. The molecule has 1 aliphatic rings. The largest absolute Gasteiger partial charge is 0.304 e. The fourth-order valence-electron chi connectivity index (χ4n) is 1.89. The minimum absolute atomic E-state index is 0.653. The van der Waals surface area contributed by atoms with E-state index in [2.05, 4.69) is 33.0 Å². The molecule has 0 fully saturated rings. The molecule has 1 aliphatic heterocycles. The van der Waals surface area contributed by atoms with E-state index in [4.69, 9.17) is 0 Å². The van der Waals surface area contributed by atoms with Crippen molar-refractivity contribution >= 4 is 0 Å². The average molecular weight is 153 g/mol. The summed E-state index contributed by atoms with van der Waals surface area (Å²) in [6, 6.07) is 1.31. The van der Waals surface area contributed by atoms with Gasteiger partial charge in [-0.2, -0.15) is 0 Å². The lowest BCUT2D eigenvalue weighted by molar-refractivity contribution is 0.526. The maximum absolute atomic E-state index is 3.62. The second-order valence-electron chi connectivity index (χ2n) is 3.45. The highest BCUT2D eigenvalue weighted by atomic mass is 15.0. The van der Waals surface area contributed by atoms with E-state index in [0.717, 1.165) is 0 Å². The van der Waals surface area contributed by atoms with Gasteiger partial charge >= 0.3 is 0 Å². The quantitative estimate of drug-likeness (QED) is 0.601. The summed E-state index contributed by atoms with van der Waals surface area (Å²) in [5, 5.41) is 3.62. The van der Waals surface area contributed by atoms with Crippen molar-refractivity contribution in [3.05, 3.63) is 11.1 Å². The van der Waals surface area contributed by atoms with Gasteiger partial charge in [0.1, 0.15) is 0 Å². The summed E-state index contributed by atoms with van der Waals surface area (Å²) in [7, 11) is 0. The van der Waals surface area contributed by atoms with Crippen molar-refractivity contribution in [3.8, 4) is 0 Å². The molecular formula is C10H19N. The van der Waals surface area contributed by atoms with Crippen LogP contribution in [0, 0.1) is 0 Å². The Kier molecular flexibility index (Phi) is 2.72. The Morgan fingerprint density at radius 3 is 1.55 bits per heavy atom. The van der Waals surface area contributed by atoms with Crippen LogP contribution in [0.1, 0.15) is 40.5 Å². The summed E-state index contributed by atoms with van der Waals surface area (Å²) < 4.78 is 0. The molecule has 0 spiro atoms. The molecule has 0 amide bonds. The van der Waals surface area contributed by atoms with Gasteiger partial charge < -0.3 is 5.32 Å². The zero-order chi connectivity index (χ0) is 8.43. The Morgan fingerprint density at radius 1 is 1.00 bits per heavy atom.